The highest BCUT2D eigenvalue weighted by Gasteiger charge is 2.47. The molecule has 2 bridgehead atoms. The van der Waals surface area contributed by atoms with Gasteiger partial charge in [-0.1, -0.05) is 17.7 Å². The number of fused-ring (bicyclic) bond motifs is 5. The molecule has 1 aromatic carbocycles. The molecule has 7 nitrogen and oxygen atoms in total. The lowest BCUT2D eigenvalue weighted by Gasteiger charge is -2.54. The van der Waals surface area contributed by atoms with Crippen molar-refractivity contribution in [2.24, 2.45) is 5.41 Å². The number of benzene rings is 1. The van der Waals surface area contributed by atoms with Gasteiger partial charge in [-0.3, -0.25) is 9.78 Å². The molecule has 3 aliphatic carbocycles. The lowest BCUT2D eigenvalue weighted by atomic mass is 9.55. The molecule has 36 heavy (non-hydrogen) atoms. The molecule has 1 aliphatic heterocycles. The largest absolute Gasteiger partial charge is 0.482 e. The van der Waals surface area contributed by atoms with Crippen LogP contribution < -0.4 is 20.1 Å². The quantitative estimate of drug-likeness (QED) is 0.444. The summed E-state index contributed by atoms with van der Waals surface area (Å²) >= 11 is 6.60. The number of hydrogen-bond acceptors (Lipinski definition) is 6. The second kappa shape index (κ2) is 9.20. The van der Waals surface area contributed by atoms with E-state index in [4.69, 9.17) is 21.1 Å². The Morgan fingerprint density at radius 2 is 1.94 bits per heavy atom. The second-order valence-electron chi connectivity index (χ2n) is 10.6. The van der Waals surface area contributed by atoms with Gasteiger partial charge >= 0.3 is 0 Å². The molecule has 0 radical (unpaired) electrons. The van der Waals surface area contributed by atoms with Crippen molar-refractivity contribution in [2.45, 2.75) is 63.5 Å². The first-order valence-corrected chi connectivity index (χ1v) is 13.1. The summed E-state index contributed by atoms with van der Waals surface area (Å²) in [6.45, 7) is 0.881. The molecule has 2 aromatic heterocycles. The Kier molecular flexibility index (Phi) is 6.00. The average molecular weight is 507 g/mol. The van der Waals surface area contributed by atoms with Gasteiger partial charge in [-0.25, -0.2) is 4.98 Å². The first-order valence-electron chi connectivity index (χ1n) is 12.8. The van der Waals surface area contributed by atoms with Crippen LogP contribution in [0.5, 0.6) is 11.6 Å². The Hall–Kier alpha value is -2.90. The normalized spacial score (nSPS) is 24.8. The van der Waals surface area contributed by atoms with Crippen molar-refractivity contribution in [3.05, 3.63) is 52.7 Å². The van der Waals surface area contributed by atoms with Crippen molar-refractivity contribution in [3.8, 4) is 11.6 Å². The third-order valence-electron chi connectivity index (χ3n) is 8.60. The third-order valence-corrected chi connectivity index (χ3v) is 8.93. The highest BCUT2D eigenvalue weighted by Crippen LogP contribution is 2.54. The zero-order valence-corrected chi connectivity index (χ0v) is 21.3. The van der Waals surface area contributed by atoms with Crippen LogP contribution in [-0.4, -0.2) is 35.1 Å². The second-order valence-corrected chi connectivity index (χ2v) is 11.0. The van der Waals surface area contributed by atoms with Gasteiger partial charge in [-0.15, -0.1) is 0 Å². The topological polar surface area (TPSA) is 85.4 Å². The number of hydrogen-bond donors (Lipinski definition) is 2. The van der Waals surface area contributed by atoms with Crippen LogP contribution in [0, 0.1) is 5.41 Å². The molecule has 3 saturated carbocycles. The van der Waals surface area contributed by atoms with Crippen LogP contribution in [0.4, 0.5) is 5.69 Å². The van der Waals surface area contributed by atoms with Gasteiger partial charge < -0.3 is 20.1 Å². The van der Waals surface area contributed by atoms with E-state index in [-0.39, 0.29) is 18.1 Å². The number of rotatable bonds is 7. The number of nitrogens with zero attached hydrogens (tertiary/aromatic N) is 2. The number of halogens is 1. The minimum absolute atomic E-state index is 0.0871. The molecule has 1 amide bonds. The first-order chi connectivity index (χ1) is 17.5. The lowest BCUT2D eigenvalue weighted by Crippen LogP contribution is -2.54. The zero-order chi connectivity index (χ0) is 24.8. The number of aryl methyl sites for hydroxylation is 1. The van der Waals surface area contributed by atoms with Crippen LogP contribution >= 0.6 is 11.6 Å². The van der Waals surface area contributed by atoms with Crippen molar-refractivity contribution in [1.82, 2.24) is 15.3 Å². The number of nitrogens with one attached hydrogen (secondary N) is 2. The van der Waals surface area contributed by atoms with Gasteiger partial charge in [0.15, 0.2) is 6.61 Å². The van der Waals surface area contributed by atoms with Crippen LogP contribution in [0.2, 0.25) is 5.02 Å². The molecule has 8 heteroatoms. The van der Waals surface area contributed by atoms with E-state index in [2.05, 4.69) is 26.7 Å². The Morgan fingerprint density at radius 3 is 2.72 bits per heavy atom. The number of anilines is 1. The maximum absolute atomic E-state index is 11.7. The fourth-order valence-corrected chi connectivity index (χ4v) is 6.49. The van der Waals surface area contributed by atoms with Crippen LogP contribution in [0.15, 0.2) is 36.5 Å². The number of carbonyl (C=O) groups excluding carboxylic acids is 1. The molecule has 0 unspecified atom stereocenters. The van der Waals surface area contributed by atoms with Crippen LogP contribution in [-0.2, 0) is 17.8 Å². The summed E-state index contributed by atoms with van der Waals surface area (Å²) in [4.78, 5) is 20.8. The smallest absolute Gasteiger partial charge is 0.262 e. The summed E-state index contributed by atoms with van der Waals surface area (Å²) in [5.41, 5.74) is 5.30. The number of amides is 1. The Morgan fingerprint density at radius 1 is 1.14 bits per heavy atom. The third kappa shape index (κ3) is 4.39. The highest BCUT2D eigenvalue weighted by atomic mass is 35.5. The minimum atomic E-state index is -0.0990. The zero-order valence-electron chi connectivity index (χ0n) is 20.5. The SMILES string of the molecule is COc1ccc2ncc(Cl)c(CCC34CCC(NCc5ccc6c(c5)NC(=O)CO6)(CC3)CC4)c2n1. The molecule has 3 heterocycles. The molecule has 0 spiro atoms. The fraction of sp³-hybridized carbons (Fsp3) is 0.464. The van der Waals surface area contributed by atoms with Crippen molar-refractivity contribution in [2.75, 3.05) is 19.0 Å². The molecule has 0 atom stereocenters. The van der Waals surface area contributed by atoms with Crippen molar-refractivity contribution >= 4 is 34.2 Å². The summed E-state index contributed by atoms with van der Waals surface area (Å²) in [5, 5.41) is 7.48. The van der Waals surface area contributed by atoms with E-state index in [0.717, 1.165) is 47.4 Å². The van der Waals surface area contributed by atoms with Crippen LogP contribution in [0.3, 0.4) is 0 Å². The number of carbonyl (C=O) groups is 1. The number of pyridine rings is 2. The van der Waals surface area contributed by atoms with E-state index in [9.17, 15) is 4.79 Å². The van der Waals surface area contributed by atoms with E-state index in [0.29, 0.717) is 16.3 Å². The number of aromatic nitrogens is 2. The minimum Gasteiger partial charge on any atom is -0.482 e. The summed E-state index contributed by atoms with van der Waals surface area (Å²) in [7, 11) is 1.63. The number of ether oxygens (including phenoxy) is 2. The maximum atomic E-state index is 11.7. The summed E-state index contributed by atoms with van der Waals surface area (Å²) < 4.78 is 10.8. The average Bonchev–Trinajstić information content (AvgIpc) is 2.92. The fourth-order valence-electron chi connectivity index (χ4n) is 6.25. The van der Waals surface area contributed by atoms with Crippen molar-refractivity contribution in [1.29, 1.82) is 0 Å². The maximum Gasteiger partial charge on any atom is 0.262 e. The van der Waals surface area contributed by atoms with Crippen LogP contribution in [0.25, 0.3) is 11.0 Å². The van der Waals surface area contributed by atoms with E-state index in [1.807, 2.05) is 24.3 Å². The highest BCUT2D eigenvalue weighted by molar-refractivity contribution is 6.32. The molecule has 3 aromatic rings. The van der Waals surface area contributed by atoms with Gasteiger partial charge in [-0.05, 0) is 80.5 Å². The van der Waals surface area contributed by atoms with Gasteiger partial charge in [0.25, 0.3) is 5.91 Å². The van der Waals surface area contributed by atoms with Gasteiger partial charge in [0, 0.05) is 29.9 Å². The van der Waals surface area contributed by atoms with Gasteiger partial charge in [0.05, 0.1) is 28.9 Å². The molecule has 2 N–H and O–H groups in total. The molecule has 4 aliphatic rings. The number of methoxy groups -OCH3 is 1. The van der Waals surface area contributed by atoms with Crippen LogP contribution in [0.1, 0.15) is 56.1 Å². The van der Waals surface area contributed by atoms with E-state index >= 15 is 0 Å². The van der Waals surface area contributed by atoms with Gasteiger partial charge in [-0.2, -0.15) is 0 Å². The molecule has 0 saturated heterocycles. The predicted molar refractivity (Wildman–Crippen MR) is 140 cm³/mol. The summed E-state index contributed by atoms with van der Waals surface area (Å²) in [5.74, 6) is 1.23. The van der Waals surface area contributed by atoms with E-state index in [1.165, 1.54) is 44.1 Å². The molecule has 3 fully saturated rings. The monoisotopic (exact) mass is 506 g/mol. The Labute approximate surface area is 215 Å². The molecule has 7 rings (SSSR count). The molecular weight excluding hydrogens is 476 g/mol. The first kappa shape index (κ1) is 23.5. The standard InChI is InChI=1S/C28H31ClN4O3/c1-35-25-5-3-21-26(33-25)19(20(29)16-30-21)6-7-27-8-11-28(12-9-27,13-10-27)31-15-18-2-4-23-22(14-18)32-24(34)17-36-23/h2-5,14,16,31H,6-13,15,17H2,1H3,(H,32,34). The van der Waals surface area contributed by atoms with E-state index < -0.39 is 0 Å². The summed E-state index contributed by atoms with van der Waals surface area (Å²) in [6, 6.07) is 9.85. The Bertz CT molecular complexity index is 1300. The molecule has 188 valence electrons. The predicted octanol–water partition coefficient (Wildman–Crippen LogP) is 5.44. The van der Waals surface area contributed by atoms with Gasteiger partial charge in [0.2, 0.25) is 5.88 Å². The summed E-state index contributed by atoms with van der Waals surface area (Å²) in [6.07, 6.45) is 11.0. The van der Waals surface area contributed by atoms with Crippen molar-refractivity contribution < 1.29 is 14.3 Å². The van der Waals surface area contributed by atoms with Crippen molar-refractivity contribution in [3.63, 3.8) is 0 Å². The molecular formula is C28H31ClN4O3. The van der Waals surface area contributed by atoms with Gasteiger partial charge in [0.1, 0.15) is 5.75 Å². The Balaban J connectivity index is 1.10. The van der Waals surface area contributed by atoms with E-state index in [1.54, 1.807) is 13.3 Å². The lowest BCUT2D eigenvalue weighted by molar-refractivity contribution is -0.118.